The molecule has 0 aliphatic heterocycles. The zero-order chi connectivity index (χ0) is 6.70. The maximum Gasteiger partial charge on any atom is 0.394 e. The Hall–Kier alpha value is -0.210. The van der Waals surface area contributed by atoms with Crippen molar-refractivity contribution in [3.05, 3.63) is 0 Å². The van der Waals surface area contributed by atoms with E-state index in [-0.39, 0.29) is 5.92 Å². The van der Waals surface area contributed by atoms with Gasteiger partial charge >= 0.3 is 6.18 Å². The summed E-state index contributed by atoms with van der Waals surface area (Å²) in [6.07, 6.45) is -2.28. The predicted molar refractivity (Wildman–Crippen MR) is 25.8 cm³/mol. The van der Waals surface area contributed by atoms with Gasteiger partial charge in [0.25, 0.3) is 0 Å². The zero-order valence-corrected chi connectivity index (χ0v) is 4.83. The van der Waals surface area contributed by atoms with E-state index in [9.17, 15) is 13.2 Å². The van der Waals surface area contributed by atoms with E-state index in [2.05, 4.69) is 0 Å². The van der Waals surface area contributed by atoms with Crippen molar-refractivity contribution in [2.45, 2.75) is 25.4 Å². The van der Waals surface area contributed by atoms with Crippen molar-refractivity contribution in [2.75, 3.05) is 0 Å². The molecule has 2 aliphatic carbocycles. The molecule has 2 saturated carbocycles. The lowest BCUT2D eigenvalue weighted by Crippen LogP contribution is -2.32. The van der Waals surface area contributed by atoms with E-state index in [1.807, 2.05) is 0 Å². The average molecular weight is 136 g/mol. The number of halogens is 3. The van der Waals surface area contributed by atoms with Gasteiger partial charge in [0, 0.05) is 0 Å². The molecule has 0 bridgehead atoms. The van der Waals surface area contributed by atoms with Crippen LogP contribution in [0.4, 0.5) is 13.2 Å². The summed E-state index contributed by atoms with van der Waals surface area (Å²) in [6, 6.07) is 0. The van der Waals surface area contributed by atoms with Crippen LogP contribution in [0, 0.1) is 11.3 Å². The van der Waals surface area contributed by atoms with Crippen LogP contribution in [0.3, 0.4) is 0 Å². The Labute approximate surface area is 51.0 Å². The third-order valence-corrected chi connectivity index (χ3v) is 2.74. The van der Waals surface area contributed by atoms with Crippen molar-refractivity contribution in [1.82, 2.24) is 0 Å². The fourth-order valence-electron chi connectivity index (χ4n) is 1.77. The minimum atomic E-state index is -3.89. The molecule has 2 atom stereocenters. The van der Waals surface area contributed by atoms with Gasteiger partial charge in [-0.15, -0.1) is 0 Å². The maximum atomic E-state index is 11.9. The molecule has 2 fully saturated rings. The van der Waals surface area contributed by atoms with Crippen LogP contribution in [-0.4, -0.2) is 6.18 Å². The first-order valence-electron chi connectivity index (χ1n) is 3.13. The van der Waals surface area contributed by atoms with Crippen LogP contribution in [0.2, 0.25) is 0 Å². The molecule has 3 heteroatoms. The second kappa shape index (κ2) is 1.13. The van der Waals surface area contributed by atoms with Crippen molar-refractivity contribution < 1.29 is 13.2 Å². The molecule has 9 heavy (non-hydrogen) atoms. The van der Waals surface area contributed by atoms with Crippen molar-refractivity contribution in [3.8, 4) is 0 Å². The first kappa shape index (κ1) is 5.57. The molecular weight excluding hydrogens is 129 g/mol. The smallest absolute Gasteiger partial charge is 0.170 e. The average Bonchev–Trinajstić information content (AvgIpc) is 2.06. The third kappa shape index (κ3) is 0.461. The molecule has 0 N–H and O–H groups in total. The molecule has 0 spiro atoms. The van der Waals surface area contributed by atoms with Gasteiger partial charge in [-0.1, -0.05) is 0 Å². The number of alkyl halides is 3. The molecule has 2 rings (SSSR count). The SMILES string of the molecule is FC(F)(F)C12CCC1C2. The van der Waals surface area contributed by atoms with Crippen LogP contribution >= 0.6 is 0 Å². The molecule has 0 radical (unpaired) electrons. The van der Waals surface area contributed by atoms with Crippen LogP contribution in [0.25, 0.3) is 0 Å². The quantitative estimate of drug-likeness (QED) is 0.479. The Morgan fingerprint density at radius 2 is 2.00 bits per heavy atom. The van der Waals surface area contributed by atoms with Gasteiger partial charge in [-0.2, -0.15) is 13.2 Å². The van der Waals surface area contributed by atoms with Gasteiger partial charge in [-0.3, -0.25) is 0 Å². The Bertz CT molecular complexity index is 145. The lowest BCUT2D eigenvalue weighted by atomic mass is 9.84. The van der Waals surface area contributed by atoms with E-state index in [0.717, 1.165) is 6.42 Å². The highest BCUT2D eigenvalue weighted by Crippen LogP contribution is 2.74. The van der Waals surface area contributed by atoms with Gasteiger partial charge in [0.2, 0.25) is 0 Å². The minimum absolute atomic E-state index is 0.0116. The van der Waals surface area contributed by atoms with Gasteiger partial charge in [-0.25, -0.2) is 0 Å². The van der Waals surface area contributed by atoms with E-state index in [4.69, 9.17) is 0 Å². The first-order chi connectivity index (χ1) is 4.06. The fourth-order valence-corrected chi connectivity index (χ4v) is 1.77. The third-order valence-electron chi connectivity index (χ3n) is 2.74. The van der Waals surface area contributed by atoms with Gasteiger partial charge < -0.3 is 0 Å². The molecular formula is C6H7F3. The van der Waals surface area contributed by atoms with Crippen LogP contribution in [0.1, 0.15) is 19.3 Å². The maximum absolute atomic E-state index is 11.9. The summed E-state index contributed by atoms with van der Waals surface area (Å²) < 4.78 is 35.8. The van der Waals surface area contributed by atoms with Crippen LogP contribution in [-0.2, 0) is 0 Å². The topological polar surface area (TPSA) is 0 Å². The molecule has 0 amide bonds. The Balaban J connectivity index is 2.15. The Morgan fingerprint density at radius 3 is 2.00 bits per heavy atom. The van der Waals surface area contributed by atoms with E-state index in [1.54, 1.807) is 0 Å². The van der Waals surface area contributed by atoms with E-state index in [0.29, 0.717) is 12.8 Å². The number of hydrogen-bond acceptors (Lipinski definition) is 0. The Kier molecular flexibility index (Phi) is 0.702. The van der Waals surface area contributed by atoms with Crippen LogP contribution in [0.15, 0.2) is 0 Å². The summed E-state index contributed by atoms with van der Waals surface area (Å²) in [5.74, 6) is 0.0116. The minimum Gasteiger partial charge on any atom is -0.170 e. The normalized spacial score (nSPS) is 47.7. The highest BCUT2D eigenvalue weighted by Gasteiger charge is 2.75. The molecule has 0 nitrogen and oxygen atoms in total. The molecule has 0 saturated heterocycles. The van der Waals surface area contributed by atoms with E-state index >= 15 is 0 Å². The molecule has 2 unspecified atom stereocenters. The number of rotatable bonds is 0. The lowest BCUT2D eigenvalue weighted by Gasteiger charge is -2.27. The summed E-state index contributed by atoms with van der Waals surface area (Å²) in [4.78, 5) is 0. The van der Waals surface area contributed by atoms with Crippen molar-refractivity contribution in [1.29, 1.82) is 0 Å². The fraction of sp³-hybridized carbons (Fsp3) is 1.00. The molecule has 2 aliphatic rings. The second-order valence-corrected chi connectivity index (χ2v) is 3.09. The van der Waals surface area contributed by atoms with E-state index in [1.165, 1.54) is 0 Å². The van der Waals surface area contributed by atoms with Crippen molar-refractivity contribution in [3.63, 3.8) is 0 Å². The van der Waals surface area contributed by atoms with E-state index < -0.39 is 11.6 Å². The molecule has 52 valence electrons. The predicted octanol–water partition coefficient (Wildman–Crippen LogP) is 2.35. The molecule has 0 aromatic carbocycles. The lowest BCUT2D eigenvalue weighted by molar-refractivity contribution is -0.207. The Morgan fingerprint density at radius 1 is 1.33 bits per heavy atom. The summed E-state index contributed by atoms with van der Waals surface area (Å²) in [6.45, 7) is 0. The molecule has 0 aromatic heterocycles. The molecule has 0 heterocycles. The summed E-state index contributed by atoms with van der Waals surface area (Å²) in [5.41, 5.74) is -1.17. The van der Waals surface area contributed by atoms with Gasteiger partial charge in [0.05, 0.1) is 5.41 Å². The standard InChI is InChI=1S/C6H7F3/c7-6(8,9)5-2-1-4(5)3-5/h4H,1-3H2. The van der Waals surface area contributed by atoms with Crippen LogP contribution < -0.4 is 0 Å². The van der Waals surface area contributed by atoms with Gasteiger partial charge in [0.1, 0.15) is 0 Å². The van der Waals surface area contributed by atoms with Gasteiger partial charge in [0.15, 0.2) is 0 Å². The number of hydrogen-bond donors (Lipinski definition) is 0. The number of fused-ring (bicyclic) bond motifs is 1. The van der Waals surface area contributed by atoms with Crippen molar-refractivity contribution >= 4 is 0 Å². The second-order valence-electron chi connectivity index (χ2n) is 3.09. The molecule has 0 aromatic rings. The summed E-state index contributed by atoms with van der Waals surface area (Å²) >= 11 is 0. The zero-order valence-electron chi connectivity index (χ0n) is 4.83. The van der Waals surface area contributed by atoms with Gasteiger partial charge in [-0.05, 0) is 25.2 Å². The largest absolute Gasteiger partial charge is 0.394 e. The first-order valence-corrected chi connectivity index (χ1v) is 3.13. The summed E-state index contributed by atoms with van der Waals surface area (Å²) in [7, 11) is 0. The summed E-state index contributed by atoms with van der Waals surface area (Å²) in [5, 5.41) is 0. The highest BCUT2D eigenvalue weighted by atomic mass is 19.4. The highest BCUT2D eigenvalue weighted by molar-refractivity contribution is 5.14. The monoisotopic (exact) mass is 136 g/mol. The van der Waals surface area contributed by atoms with Crippen molar-refractivity contribution in [2.24, 2.45) is 11.3 Å². The van der Waals surface area contributed by atoms with Crippen LogP contribution in [0.5, 0.6) is 0 Å².